The maximum absolute atomic E-state index is 10.5. The maximum atomic E-state index is 10.5. The van der Waals surface area contributed by atoms with Crippen LogP contribution in [-0.4, -0.2) is 32.8 Å². The summed E-state index contributed by atoms with van der Waals surface area (Å²) in [6.07, 6.45) is 3.01. The van der Waals surface area contributed by atoms with Crippen molar-refractivity contribution in [1.29, 1.82) is 0 Å². The second kappa shape index (κ2) is 4.65. The Morgan fingerprint density at radius 1 is 1.47 bits per heavy atom. The largest absolute Gasteiger partial charge is 0.474 e. The molecule has 1 N–H and O–H groups in total. The van der Waals surface area contributed by atoms with Crippen LogP contribution < -0.4 is 0 Å². The van der Waals surface area contributed by atoms with E-state index in [-0.39, 0.29) is 5.89 Å². The molecule has 2 heterocycles. The third kappa shape index (κ3) is 2.71. The monoisotopic (exact) mass is 228 g/mol. The number of nitrogens with zero attached hydrogens (tertiary/aromatic N) is 2. The van der Waals surface area contributed by atoms with E-state index < -0.39 is 5.97 Å². The van der Waals surface area contributed by atoms with Gasteiger partial charge in [-0.25, -0.2) is 4.79 Å². The summed E-state index contributed by atoms with van der Waals surface area (Å²) >= 11 is 1.96. The number of carboxylic acids is 1. The van der Waals surface area contributed by atoms with Gasteiger partial charge in [0.15, 0.2) is 0 Å². The molecule has 0 atom stereocenters. The van der Waals surface area contributed by atoms with E-state index in [1.54, 1.807) is 0 Å². The van der Waals surface area contributed by atoms with Crippen LogP contribution >= 0.6 is 11.8 Å². The lowest BCUT2D eigenvalue weighted by Gasteiger charge is -2.19. The molecule has 0 unspecified atom stereocenters. The van der Waals surface area contributed by atoms with Crippen LogP contribution in [0.5, 0.6) is 0 Å². The Bertz CT molecular complexity index is 347. The third-order valence-electron chi connectivity index (χ3n) is 2.45. The quantitative estimate of drug-likeness (QED) is 0.843. The second-order valence-electron chi connectivity index (χ2n) is 3.57. The predicted molar refractivity (Wildman–Crippen MR) is 55.0 cm³/mol. The Kier molecular flexibility index (Phi) is 3.25. The molecule has 0 bridgehead atoms. The SMILES string of the molecule is O=C(O)c1nnc(CC2CCSCC2)o1. The first-order valence-corrected chi connectivity index (χ1v) is 6.04. The fourth-order valence-electron chi connectivity index (χ4n) is 1.62. The van der Waals surface area contributed by atoms with E-state index in [9.17, 15) is 4.79 Å². The van der Waals surface area contributed by atoms with Crippen molar-refractivity contribution in [3.63, 3.8) is 0 Å². The van der Waals surface area contributed by atoms with E-state index in [2.05, 4.69) is 10.2 Å². The van der Waals surface area contributed by atoms with Crippen LogP contribution in [0.15, 0.2) is 4.42 Å². The Morgan fingerprint density at radius 2 is 2.20 bits per heavy atom. The minimum atomic E-state index is -1.16. The van der Waals surface area contributed by atoms with Gasteiger partial charge in [-0.2, -0.15) is 11.8 Å². The summed E-state index contributed by atoms with van der Waals surface area (Å²) in [4.78, 5) is 10.5. The van der Waals surface area contributed by atoms with Gasteiger partial charge in [0.1, 0.15) is 0 Å². The average molecular weight is 228 g/mol. The average Bonchev–Trinajstić information content (AvgIpc) is 2.68. The topological polar surface area (TPSA) is 76.2 Å². The van der Waals surface area contributed by atoms with E-state index in [0.29, 0.717) is 18.2 Å². The van der Waals surface area contributed by atoms with Crippen LogP contribution in [0.25, 0.3) is 0 Å². The van der Waals surface area contributed by atoms with Crippen LogP contribution in [-0.2, 0) is 6.42 Å². The summed E-state index contributed by atoms with van der Waals surface area (Å²) in [5.41, 5.74) is 0. The third-order valence-corrected chi connectivity index (χ3v) is 3.50. The lowest BCUT2D eigenvalue weighted by atomic mass is 9.99. The molecule has 1 saturated heterocycles. The van der Waals surface area contributed by atoms with Crippen LogP contribution in [0.3, 0.4) is 0 Å². The number of aromatic nitrogens is 2. The molecule has 5 nitrogen and oxygen atoms in total. The van der Waals surface area contributed by atoms with E-state index in [1.807, 2.05) is 11.8 Å². The summed E-state index contributed by atoms with van der Waals surface area (Å²) < 4.78 is 5.02. The first-order valence-electron chi connectivity index (χ1n) is 4.89. The molecule has 1 fully saturated rings. The minimum Gasteiger partial charge on any atom is -0.474 e. The first kappa shape index (κ1) is 10.5. The summed E-state index contributed by atoms with van der Waals surface area (Å²) in [7, 11) is 0. The lowest BCUT2D eigenvalue weighted by molar-refractivity contribution is 0.0651. The normalized spacial score (nSPS) is 17.9. The molecular formula is C9H12N2O3S. The standard InChI is InChI=1S/C9H12N2O3S/c12-9(13)8-11-10-7(14-8)5-6-1-3-15-4-2-6/h6H,1-5H2,(H,12,13). The van der Waals surface area contributed by atoms with Crippen molar-refractivity contribution in [3.8, 4) is 0 Å². The molecule has 82 valence electrons. The molecule has 0 radical (unpaired) electrons. The van der Waals surface area contributed by atoms with Gasteiger partial charge in [0.25, 0.3) is 0 Å². The first-order chi connectivity index (χ1) is 7.25. The van der Waals surface area contributed by atoms with Crippen molar-refractivity contribution in [1.82, 2.24) is 10.2 Å². The Hall–Kier alpha value is -1.04. The highest BCUT2D eigenvalue weighted by Crippen LogP contribution is 2.25. The van der Waals surface area contributed by atoms with Gasteiger partial charge in [-0.3, -0.25) is 0 Å². The maximum Gasteiger partial charge on any atom is 0.393 e. The number of carbonyl (C=O) groups is 1. The van der Waals surface area contributed by atoms with Crippen molar-refractivity contribution < 1.29 is 14.3 Å². The highest BCUT2D eigenvalue weighted by Gasteiger charge is 2.19. The number of hydrogen-bond acceptors (Lipinski definition) is 5. The molecule has 1 aromatic heterocycles. The predicted octanol–water partition coefficient (Wildman–Crippen LogP) is 1.45. The van der Waals surface area contributed by atoms with Gasteiger partial charge in [-0.15, -0.1) is 10.2 Å². The summed E-state index contributed by atoms with van der Waals surface area (Å²) in [5, 5.41) is 15.8. The number of rotatable bonds is 3. The van der Waals surface area contributed by atoms with Crippen molar-refractivity contribution in [2.45, 2.75) is 19.3 Å². The lowest BCUT2D eigenvalue weighted by Crippen LogP contribution is -2.12. The molecule has 0 spiro atoms. The van der Waals surface area contributed by atoms with Crippen LogP contribution in [0, 0.1) is 5.92 Å². The van der Waals surface area contributed by atoms with Gasteiger partial charge in [0.05, 0.1) is 0 Å². The van der Waals surface area contributed by atoms with E-state index in [4.69, 9.17) is 9.52 Å². The van der Waals surface area contributed by atoms with Gasteiger partial charge >= 0.3 is 11.9 Å². The summed E-state index contributed by atoms with van der Waals surface area (Å²) in [6.45, 7) is 0. The van der Waals surface area contributed by atoms with Gasteiger partial charge < -0.3 is 9.52 Å². The van der Waals surface area contributed by atoms with Gasteiger partial charge in [-0.1, -0.05) is 0 Å². The Morgan fingerprint density at radius 3 is 2.80 bits per heavy atom. The van der Waals surface area contributed by atoms with Crippen molar-refractivity contribution in [3.05, 3.63) is 11.8 Å². The number of aromatic carboxylic acids is 1. The molecule has 6 heteroatoms. The molecular weight excluding hydrogens is 216 g/mol. The molecule has 2 rings (SSSR count). The highest BCUT2D eigenvalue weighted by atomic mass is 32.2. The van der Waals surface area contributed by atoms with Crippen LogP contribution in [0.4, 0.5) is 0 Å². The van der Waals surface area contributed by atoms with E-state index in [0.717, 1.165) is 12.8 Å². The smallest absolute Gasteiger partial charge is 0.393 e. The van der Waals surface area contributed by atoms with Crippen LogP contribution in [0.1, 0.15) is 29.4 Å². The number of hydrogen-bond donors (Lipinski definition) is 1. The molecule has 1 aliphatic heterocycles. The zero-order chi connectivity index (χ0) is 10.7. The molecule has 0 aromatic carbocycles. The molecule has 1 aliphatic rings. The van der Waals surface area contributed by atoms with Crippen molar-refractivity contribution >= 4 is 17.7 Å². The zero-order valence-corrected chi connectivity index (χ0v) is 9.00. The fourth-order valence-corrected chi connectivity index (χ4v) is 2.82. The molecule has 0 saturated carbocycles. The fraction of sp³-hybridized carbons (Fsp3) is 0.667. The highest BCUT2D eigenvalue weighted by molar-refractivity contribution is 7.99. The molecule has 0 aliphatic carbocycles. The van der Waals surface area contributed by atoms with E-state index >= 15 is 0 Å². The van der Waals surface area contributed by atoms with Crippen molar-refractivity contribution in [2.24, 2.45) is 5.92 Å². The van der Waals surface area contributed by atoms with Crippen LogP contribution in [0.2, 0.25) is 0 Å². The van der Waals surface area contributed by atoms with Crippen molar-refractivity contribution in [2.75, 3.05) is 11.5 Å². The molecule has 15 heavy (non-hydrogen) atoms. The minimum absolute atomic E-state index is 0.310. The number of thioether (sulfide) groups is 1. The Balaban J connectivity index is 1.94. The Labute approximate surface area is 91.3 Å². The van der Waals surface area contributed by atoms with Gasteiger partial charge in [0.2, 0.25) is 5.89 Å². The summed E-state index contributed by atoms with van der Waals surface area (Å²) in [6, 6.07) is 0. The second-order valence-corrected chi connectivity index (χ2v) is 4.79. The molecule has 1 aromatic rings. The van der Waals surface area contributed by atoms with E-state index in [1.165, 1.54) is 11.5 Å². The zero-order valence-electron chi connectivity index (χ0n) is 8.18. The summed E-state index contributed by atoms with van der Waals surface area (Å²) in [5.74, 6) is 1.88. The molecule has 0 amide bonds. The van der Waals surface area contributed by atoms with Gasteiger partial charge in [-0.05, 0) is 30.3 Å². The number of carboxylic acid groups (broad SMARTS) is 1. The van der Waals surface area contributed by atoms with Gasteiger partial charge in [0, 0.05) is 6.42 Å².